The van der Waals surface area contributed by atoms with Crippen molar-refractivity contribution in [3.63, 3.8) is 0 Å². The van der Waals surface area contributed by atoms with Crippen molar-refractivity contribution >= 4 is 98.0 Å². The Balaban J connectivity index is 1.32. The highest BCUT2D eigenvalue weighted by Gasteiger charge is 2.67. The van der Waals surface area contributed by atoms with Crippen molar-refractivity contribution < 1.29 is 9.59 Å². The first-order valence-electron chi connectivity index (χ1n) is 10.6. The largest absolute Gasteiger partial charge is 0.329 e. The molecular formula is C25H15Cl6N3O2. The maximum atomic E-state index is 13.0. The molecule has 1 fully saturated rings. The fraction of sp³-hybridized carbons (Fsp3) is 0.160. The van der Waals surface area contributed by atoms with Gasteiger partial charge < -0.3 is 10.3 Å². The van der Waals surface area contributed by atoms with Gasteiger partial charge in [0, 0.05) is 33.6 Å². The maximum Gasteiger partial charge on any atom is 0.231 e. The van der Waals surface area contributed by atoms with E-state index in [1.807, 2.05) is 6.07 Å². The van der Waals surface area contributed by atoms with Crippen LogP contribution in [0.1, 0.15) is 27.4 Å². The number of fused-ring (bicyclic) bond motifs is 1. The molecule has 0 radical (unpaired) electrons. The van der Waals surface area contributed by atoms with Crippen molar-refractivity contribution in [1.29, 1.82) is 0 Å². The molecule has 2 atom stereocenters. The molecule has 2 N–H and O–H groups in total. The second kappa shape index (κ2) is 9.71. The van der Waals surface area contributed by atoms with Gasteiger partial charge in [0.15, 0.2) is 5.78 Å². The van der Waals surface area contributed by atoms with Gasteiger partial charge in [0.05, 0.1) is 22.0 Å². The molecule has 1 saturated carbocycles. The highest BCUT2D eigenvalue weighted by Crippen LogP contribution is 2.65. The third kappa shape index (κ3) is 5.06. The van der Waals surface area contributed by atoms with Gasteiger partial charge in [-0.2, -0.15) is 0 Å². The normalized spacial score (nSPS) is 18.3. The van der Waals surface area contributed by atoms with Crippen LogP contribution in [0.5, 0.6) is 0 Å². The number of hydrogen-bond acceptors (Lipinski definition) is 3. The summed E-state index contributed by atoms with van der Waals surface area (Å²) in [4.78, 5) is 33.2. The van der Waals surface area contributed by atoms with Gasteiger partial charge in [-0.05, 0) is 71.3 Å². The van der Waals surface area contributed by atoms with Crippen molar-refractivity contribution in [1.82, 2.24) is 9.97 Å². The van der Waals surface area contributed by atoms with Crippen molar-refractivity contribution in [3.8, 4) is 0 Å². The van der Waals surface area contributed by atoms with Gasteiger partial charge in [-0.15, -0.1) is 23.2 Å². The molecule has 0 saturated heterocycles. The van der Waals surface area contributed by atoms with Crippen molar-refractivity contribution in [2.75, 3.05) is 5.32 Å². The molecule has 4 aromatic rings. The van der Waals surface area contributed by atoms with Crippen LogP contribution in [0, 0.1) is 5.92 Å². The summed E-state index contributed by atoms with van der Waals surface area (Å²) in [5, 5.41) is 4.17. The van der Waals surface area contributed by atoms with E-state index in [2.05, 4.69) is 15.3 Å². The molecule has 1 heterocycles. The highest BCUT2D eigenvalue weighted by molar-refractivity contribution is 6.53. The van der Waals surface area contributed by atoms with E-state index in [9.17, 15) is 9.59 Å². The minimum Gasteiger partial charge on any atom is -0.329 e. The number of anilines is 1. The number of imidazole rings is 1. The molecule has 5 rings (SSSR count). The Bertz CT molecular complexity index is 1510. The third-order valence-electron chi connectivity index (χ3n) is 6.00. The summed E-state index contributed by atoms with van der Waals surface area (Å²) in [5.41, 5.74) is 3.51. The maximum absolute atomic E-state index is 13.0. The quantitative estimate of drug-likeness (QED) is 0.173. The molecule has 1 aliphatic rings. The molecule has 1 aliphatic carbocycles. The highest BCUT2D eigenvalue weighted by atomic mass is 35.5. The number of rotatable bonds is 6. The zero-order chi connectivity index (χ0) is 25.8. The van der Waals surface area contributed by atoms with Crippen LogP contribution in [-0.2, 0) is 11.2 Å². The van der Waals surface area contributed by atoms with Crippen LogP contribution < -0.4 is 5.32 Å². The van der Waals surface area contributed by atoms with E-state index in [1.165, 1.54) is 6.07 Å². The number of aromatic nitrogens is 2. The Morgan fingerprint density at radius 1 is 0.944 bits per heavy atom. The molecule has 0 aliphatic heterocycles. The Labute approximate surface area is 236 Å². The molecule has 1 amide bonds. The molecule has 184 valence electrons. The average Bonchev–Trinajstić information content (AvgIpc) is 3.18. The predicted molar refractivity (Wildman–Crippen MR) is 146 cm³/mol. The predicted octanol–water partition coefficient (Wildman–Crippen LogP) is 8.13. The van der Waals surface area contributed by atoms with Gasteiger partial charge in [-0.1, -0.05) is 40.9 Å². The number of hydrogen-bond donors (Lipinski definition) is 2. The number of aromatic amines is 1. The molecule has 1 aromatic heterocycles. The summed E-state index contributed by atoms with van der Waals surface area (Å²) in [7, 11) is 0. The number of H-pyrrole nitrogens is 1. The van der Waals surface area contributed by atoms with Crippen LogP contribution in [0.2, 0.25) is 20.4 Å². The van der Waals surface area contributed by atoms with Crippen LogP contribution in [-0.4, -0.2) is 26.0 Å². The standard InChI is InChI=1S/C25H15Cl6N3O2/c26-13-7-12(8-14(27)9-13)21-22(25(21,30)31)23(36)32-15-2-3-17(28)16(10-15)20(35)6-11-1-4-18-19(5-11)34-24(29)33-18/h1-5,7-10,21-22H,6H2,(H,32,36)(H,33,34). The lowest BCUT2D eigenvalue weighted by atomic mass is 10.0. The molecular weight excluding hydrogens is 587 g/mol. The van der Waals surface area contributed by atoms with E-state index < -0.39 is 22.1 Å². The van der Waals surface area contributed by atoms with Gasteiger partial charge >= 0.3 is 0 Å². The first kappa shape index (κ1) is 25.7. The lowest BCUT2D eigenvalue weighted by Crippen LogP contribution is -2.17. The first-order chi connectivity index (χ1) is 17.0. The van der Waals surface area contributed by atoms with E-state index in [-0.39, 0.29) is 28.1 Å². The van der Waals surface area contributed by atoms with Gasteiger partial charge in [0.2, 0.25) is 11.2 Å². The minimum atomic E-state index is -1.32. The molecule has 36 heavy (non-hydrogen) atoms. The molecule has 3 aromatic carbocycles. The number of amides is 1. The Kier molecular flexibility index (Phi) is 6.92. The third-order valence-corrected chi connectivity index (χ3v) is 7.88. The van der Waals surface area contributed by atoms with Crippen molar-refractivity contribution in [3.05, 3.63) is 91.6 Å². The van der Waals surface area contributed by atoms with Gasteiger partial charge in [-0.25, -0.2) is 4.98 Å². The Hall–Kier alpha value is -1.99. The number of benzene rings is 3. The summed E-state index contributed by atoms with van der Waals surface area (Å²) in [5.74, 6) is -1.85. The zero-order valence-corrected chi connectivity index (χ0v) is 22.6. The van der Waals surface area contributed by atoms with E-state index in [1.54, 1.807) is 42.5 Å². The number of halogens is 6. The Morgan fingerprint density at radius 2 is 1.67 bits per heavy atom. The van der Waals surface area contributed by atoms with Gasteiger partial charge in [-0.3, -0.25) is 9.59 Å². The second-order valence-corrected chi connectivity index (χ2v) is 11.6. The lowest BCUT2D eigenvalue weighted by molar-refractivity contribution is -0.117. The lowest BCUT2D eigenvalue weighted by Gasteiger charge is -2.09. The first-order valence-corrected chi connectivity index (χ1v) is 12.9. The van der Waals surface area contributed by atoms with E-state index in [4.69, 9.17) is 69.6 Å². The molecule has 2 unspecified atom stereocenters. The number of carbonyl (C=O) groups is 2. The van der Waals surface area contributed by atoms with Crippen molar-refractivity contribution in [2.45, 2.75) is 16.7 Å². The van der Waals surface area contributed by atoms with E-state index >= 15 is 0 Å². The van der Waals surface area contributed by atoms with E-state index in [0.717, 1.165) is 11.1 Å². The van der Waals surface area contributed by atoms with Gasteiger partial charge in [0.25, 0.3) is 0 Å². The SMILES string of the molecule is O=C(Cc1ccc2nc(Cl)[nH]c2c1)c1cc(NC(=O)C2C(c3cc(Cl)cc(Cl)c3)C2(Cl)Cl)ccc1Cl. The van der Waals surface area contributed by atoms with Crippen LogP contribution in [0.4, 0.5) is 5.69 Å². The number of Topliss-reactive ketones (excluding diaryl/α,β-unsaturated/α-hetero) is 1. The fourth-order valence-electron chi connectivity index (χ4n) is 4.28. The van der Waals surface area contributed by atoms with Crippen LogP contribution in [0.15, 0.2) is 54.6 Å². The fourth-order valence-corrected chi connectivity index (χ4v) is 6.06. The monoisotopic (exact) mass is 599 g/mol. The summed E-state index contributed by atoms with van der Waals surface area (Å²) in [6.07, 6.45) is 0.0936. The summed E-state index contributed by atoms with van der Waals surface area (Å²) in [6.45, 7) is 0. The van der Waals surface area contributed by atoms with Gasteiger partial charge in [0.1, 0.15) is 4.33 Å². The average molecular weight is 602 g/mol. The van der Waals surface area contributed by atoms with E-state index in [0.29, 0.717) is 26.8 Å². The molecule has 5 nitrogen and oxygen atoms in total. The molecule has 0 bridgehead atoms. The zero-order valence-electron chi connectivity index (χ0n) is 18.1. The smallest absolute Gasteiger partial charge is 0.231 e. The topological polar surface area (TPSA) is 74.8 Å². The summed E-state index contributed by atoms with van der Waals surface area (Å²) < 4.78 is -1.32. The van der Waals surface area contributed by atoms with Crippen LogP contribution in [0.25, 0.3) is 11.0 Å². The number of nitrogens with one attached hydrogen (secondary N) is 2. The number of nitrogens with zero attached hydrogens (tertiary/aromatic N) is 1. The minimum absolute atomic E-state index is 0.0936. The van der Waals surface area contributed by atoms with Crippen LogP contribution in [0.3, 0.4) is 0 Å². The second-order valence-electron chi connectivity index (χ2n) is 8.50. The number of alkyl halides is 2. The summed E-state index contributed by atoms with van der Waals surface area (Å²) >= 11 is 37.3. The van der Waals surface area contributed by atoms with Crippen LogP contribution >= 0.6 is 69.6 Å². The molecule has 11 heteroatoms. The Morgan fingerprint density at radius 3 is 2.39 bits per heavy atom. The number of ketones is 1. The van der Waals surface area contributed by atoms with Crippen molar-refractivity contribution in [2.24, 2.45) is 5.92 Å². The number of carbonyl (C=O) groups excluding carboxylic acids is 2. The summed E-state index contributed by atoms with van der Waals surface area (Å²) in [6, 6.07) is 15.0. The molecule has 0 spiro atoms.